The molecule has 0 fully saturated rings. The molecule has 0 saturated heterocycles. The molecule has 3 N–H and O–H groups in total. The summed E-state index contributed by atoms with van der Waals surface area (Å²) in [7, 11) is 0. The first-order valence-electron chi connectivity index (χ1n) is 6.87. The SMILES string of the molecule is NCC(Nc1ccc2c(n1)CCC2)c1ccccc1. The van der Waals surface area contributed by atoms with Crippen LogP contribution in [-0.4, -0.2) is 11.5 Å². The Labute approximate surface area is 113 Å². The first-order valence-corrected chi connectivity index (χ1v) is 6.87. The first-order chi connectivity index (χ1) is 9.36. The van der Waals surface area contributed by atoms with Crippen LogP contribution in [0.1, 0.15) is 29.3 Å². The molecule has 1 aliphatic carbocycles. The van der Waals surface area contributed by atoms with Crippen molar-refractivity contribution in [1.29, 1.82) is 0 Å². The minimum atomic E-state index is 0.119. The summed E-state index contributed by atoms with van der Waals surface area (Å²) in [6.45, 7) is 0.558. The fourth-order valence-electron chi connectivity index (χ4n) is 2.64. The molecule has 1 aromatic heterocycles. The lowest BCUT2D eigenvalue weighted by atomic mass is 10.1. The predicted octanol–water partition coefficient (Wildman–Crippen LogP) is 2.68. The van der Waals surface area contributed by atoms with Gasteiger partial charge in [-0.05, 0) is 36.5 Å². The van der Waals surface area contributed by atoms with Crippen molar-refractivity contribution in [2.24, 2.45) is 5.73 Å². The van der Waals surface area contributed by atoms with Gasteiger partial charge in [-0.15, -0.1) is 0 Å². The summed E-state index contributed by atoms with van der Waals surface area (Å²) in [5.41, 5.74) is 9.72. The van der Waals surface area contributed by atoms with Crippen LogP contribution in [-0.2, 0) is 12.8 Å². The third kappa shape index (κ3) is 2.61. The molecule has 1 aliphatic rings. The lowest BCUT2D eigenvalue weighted by Crippen LogP contribution is -2.21. The second-order valence-corrected chi connectivity index (χ2v) is 5.00. The maximum atomic E-state index is 5.88. The van der Waals surface area contributed by atoms with E-state index in [9.17, 15) is 0 Å². The van der Waals surface area contributed by atoms with E-state index in [0.717, 1.165) is 12.2 Å². The quantitative estimate of drug-likeness (QED) is 0.880. The molecule has 1 atom stereocenters. The van der Waals surface area contributed by atoms with E-state index in [2.05, 4.69) is 29.6 Å². The lowest BCUT2D eigenvalue weighted by molar-refractivity contribution is 0.782. The minimum absolute atomic E-state index is 0.119. The highest BCUT2D eigenvalue weighted by atomic mass is 15.0. The number of fused-ring (bicyclic) bond motifs is 1. The second-order valence-electron chi connectivity index (χ2n) is 5.00. The highest BCUT2D eigenvalue weighted by molar-refractivity contribution is 5.43. The lowest BCUT2D eigenvalue weighted by Gasteiger charge is -2.18. The minimum Gasteiger partial charge on any atom is -0.362 e. The van der Waals surface area contributed by atoms with Crippen LogP contribution in [0.15, 0.2) is 42.5 Å². The Hall–Kier alpha value is -1.87. The van der Waals surface area contributed by atoms with Crippen LogP contribution in [0, 0.1) is 0 Å². The van der Waals surface area contributed by atoms with Gasteiger partial charge in [-0.3, -0.25) is 0 Å². The second kappa shape index (κ2) is 5.41. The highest BCUT2D eigenvalue weighted by Gasteiger charge is 2.14. The van der Waals surface area contributed by atoms with Crippen molar-refractivity contribution >= 4 is 5.82 Å². The number of nitrogens with zero attached hydrogens (tertiary/aromatic N) is 1. The van der Waals surface area contributed by atoms with E-state index in [0.29, 0.717) is 6.54 Å². The molecule has 3 nitrogen and oxygen atoms in total. The Balaban J connectivity index is 1.80. The van der Waals surface area contributed by atoms with Gasteiger partial charge in [-0.2, -0.15) is 0 Å². The number of aryl methyl sites for hydroxylation is 2. The van der Waals surface area contributed by atoms with Crippen molar-refractivity contribution in [2.75, 3.05) is 11.9 Å². The fraction of sp³-hybridized carbons (Fsp3) is 0.312. The molecule has 98 valence electrons. The average Bonchev–Trinajstić information content (AvgIpc) is 2.93. The van der Waals surface area contributed by atoms with Crippen LogP contribution < -0.4 is 11.1 Å². The number of nitrogens with one attached hydrogen (secondary N) is 1. The summed E-state index contributed by atoms with van der Waals surface area (Å²) in [5.74, 6) is 0.931. The van der Waals surface area contributed by atoms with Crippen molar-refractivity contribution < 1.29 is 0 Å². The van der Waals surface area contributed by atoms with Gasteiger partial charge in [-0.25, -0.2) is 4.98 Å². The van der Waals surface area contributed by atoms with Gasteiger partial charge in [0.2, 0.25) is 0 Å². The van der Waals surface area contributed by atoms with E-state index in [4.69, 9.17) is 10.7 Å². The molecule has 2 aromatic rings. The maximum Gasteiger partial charge on any atom is 0.126 e. The van der Waals surface area contributed by atoms with Gasteiger partial charge in [0.15, 0.2) is 0 Å². The fourth-order valence-corrected chi connectivity index (χ4v) is 2.64. The van der Waals surface area contributed by atoms with Crippen LogP contribution in [0.2, 0.25) is 0 Å². The molecular weight excluding hydrogens is 234 g/mol. The number of hydrogen-bond acceptors (Lipinski definition) is 3. The normalized spacial score (nSPS) is 15.0. The Kier molecular flexibility index (Phi) is 3.47. The number of nitrogens with two attached hydrogens (primary N) is 1. The van der Waals surface area contributed by atoms with E-state index >= 15 is 0 Å². The zero-order valence-corrected chi connectivity index (χ0v) is 11.0. The van der Waals surface area contributed by atoms with Crippen LogP contribution in [0.3, 0.4) is 0 Å². The molecule has 0 radical (unpaired) electrons. The van der Waals surface area contributed by atoms with Gasteiger partial charge in [0.1, 0.15) is 5.82 Å². The van der Waals surface area contributed by atoms with Crippen molar-refractivity contribution in [2.45, 2.75) is 25.3 Å². The number of benzene rings is 1. The molecule has 3 heteroatoms. The molecular formula is C16H19N3. The molecule has 0 saturated carbocycles. The average molecular weight is 253 g/mol. The van der Waals surface area contributed by atoms with E-state index in [1.165, 1.54) is 29.7 Å². The van der Waals surface area contributed by atoms with E-state index in [1.54, 1.807) is 0 Å². The molecule has 0 bridgehead atoms. The molecule has 1 aromatic carbocycles. The summed E-state index contributed by atoms with van der Waals surface area (Å²) >= 11 is 0. The summed E-state index contributed by atoms with van der Waals surface area (Å²) in [6.07, 6.45) is 3.50. The summed E-state index contributed by atoms with van der Waals surface area (Å²) in [5, 5.41) is 3.44. The Morgan fingerprint density at radius 1 is 1.11 bits per heavy atom. The topological polar surface area (TPSA) is 50.9 Å². The summed E-state index contributed by atoms with van der Waals surface area (Å²) in [6, 6.07) is 14.7. The Morgan fingerprint density at radius 2 is 1.95 bits per heavy atom. The summed E-state index contributed by atoms with van der Waals surface area (Å²) < 4.78 is 0. The zero-order chi connectivity index (χ0) is 13.1. The number of anilines is 1. The van der Waals surface area contributed by atoms with Gasteiger partial charge in [0, 0.05) is 12.2 Å². The van der Waals surface area contributed by atoms with Crippen molar-refractivity contribution in [3.8, 4) is 0 Å². The standard InChI is InChI=1S/C16H19N3/c17-11-15(12-5-2-1-3-6-12)19-16-10-9-13-7-4-8-14(13)18-16/h1-3,5-6,9-10,15H,4,7-8,11,17H2,(H,18,19). The third-order valence-corrected chi connectivity index (χ3v) is 3.69. The number of aromatic nitrogens is 1. The van der Waals surface area contributed by atoms with Crippen LogP contribution in [0.4, 0.5) is 5.82 Å². The number of rotatable bonds is 4. The van der Waals surface area contributed by atoms with Gasteiger partial charge < -0.3 is 11.1 Å². The molecule has 1 heterocycles. The molecule has 1 unspecified atom stereocenters. The van der Waals surface area contributed by atoms with E-state index in [-0.39, 0.29) is 6.04 Å². The van der Waals surface area contributed by atoms with Gasteiger partial charge >= 0.3 is 0 Å². The van der Waals surface area contributed by atoms with E-state index in [1.807, 2.05) is 18.2 Å². The highest BCUT2D eigenvalue weighted by Crippen LogP contribution is 2.23. The molecule has 3 rings (SSSR count). The van der Waals surface area contributed by atoms with Crippen molar-refractivity contribution in [1.82, 2.24) is 4.98 Å². The first kappa shape index (κ1) is 12.2. The Bertz CT molecular complexity index is 551. The Morgan fingerprint density at radius 3 is 2.74 bits per heavy atom. The molecule has 19 heavy (non-hydrogen) atoms. The van der Waals surface area contributed by atoms with Crippen molar-refractivity contribution in [3.63, 3.8) is 0 Å². The number of hydrogen-bond donors (Lipinski definition) is 2. The monoisotopic (exact) mass is 253 g/mol. The van der Waals surface area contributed by atoms with Crippen LogP contribution >= 0.6 is 0 Å². The van der Waals surface area contributed by atoms with Gasteiger partial charge in [0.25, 0.3) is 0 Å². The predicted molar refractivity (Wildman–Crippen MR) is 78.1 cm³/mol. The molecule has 0 amide bonds. The molecule has 0 aliphatic heterocycles. The van der Waals surface area contributed by atoms with Gasteiger partial charge in [0.05, 0.1) is 6.04 Å². The zero-order valence-electron chi connectivity index (χ0n) is 11.0. The van der Waals surface area contributed by atoms with Crippen LogP contribution in [0.25, 0.3) is 0 Å². The number of pyridine rings is 1. The third-order valence-electron chi connectivity index (χ3n) is 3.69. The largest absolute Gasteiger partial charge is 0.362 e. The van der Waals surface area contributed by atoms with Crippen molar-refractivity contribution in [3.05, 3.63) is 59.3 Å². The molecule has 0 spiro atoms. The van der Waals surface area contributed by atoms with Gasteiger partial charge in [-0.1, -0.05) is 36.4 Å². The van der Waals surface area contributed by atoms with Crippen LogP contribution in [0.5, 0.6) is 0 Å². The summed E-state index contributed by atoms with van der Waals surface area (Å²) in [4.78, 5) is 4.70. The maximum absolute atomic E-state index is 5.88. The van der Waals surface area contributed by atoms with E-state index < -0.39 is 0 Å². The smallest absolute Gasteiger partial charge is 0.126 e.